The lowest BCUT2D eigenvalue weighted by Gasteiger charge is -2.02. The van der Waals surface area contributed by atoms with Gasteiger partial charge in [-0.2, -0.15) is 0 Å². The highest BCUT2D eigenvalue weighted by atomic mass is 16.1. The van der Waals surface area contributed by atoms with Gasteiger partial charge in [-0.1, -0.05) is 18.2 Å². The first kappa shape index (κ1) is 12.4. The summed E-state index contributed by atoms with van der Waals surface area (Å²) in [6, 6.07) is 11.6. The van der Waals surface area contributed by atoms with Crippen molar-refractivity contribution >= 4 is 22.6 Å². The van der Waals surface area contributed by atoms with Crippen LogP contribution in [-0.2, 0) is 0 Å². The molecule has 0 unspecified atom stereocenters. The monoisotopic (exact) mass is 265 g/mol. The minimum absolute atomic E-state index is 0.185. The fraction of sp³-hybridized carbons (Fsp3) is 0.125. The average molecular weight is 265 g/mol. The number of benzene rings is 1. The number of aryl methyl sites for hydroxylation is 2. The summed E-state index contributed by atoms with van der Waals surface area (Å²) in [7, 11) is 0. The third kappa shape index (κ3) is 2.40. The Morgan fingerprint density at radius 2 is 1.90 bits per heavy atom. The topological polar surface area (TPSA) is 57.8 Å². The molecule has 0 aliphatic heterocycles. The van der Waals surface area contributed by atoms with Crippen molar-refractivity contribution < 1.29 is 4.79 Å². The van der Waals surface area contributed by atoms with Gasteiger partial charge in [-0.25, -0.2) is 4.98 Å². The van der Waals surface area contributed by atoms with Gasteiger partial charge in [-0.3, -0.25) is 4.79 Å². The molecular formula is C16H15N3O. The Morgan fingerprint density at radius 3 is 2.65 bits per heavy atom. The van der Waals surface area contributed by atoms with Gasteiger partial charge in [0.1, 0.15) is 11.5 Å². The van der Waals surface area contributed by atoms with Gasteiger partial charge in [0.15, 0.2) is 0 Å². The third-order valence-electron chi connectivity index (χ3n) is 3.18. The van der Waals surface area contributed by atoms with Gasteiger partial charge in [0, 0.05) is 17.1 Å². The molecule has 0 spiro atoms. The molecule has 0 saturated heterocycles. The van der Waals surface area contributed by atoms with Crippen LogP contribution in [0.5, 0.6) is 0 Å². The van der Waals surface area contributed by atoms with Crippen LogP contribution in [0.25, 0.3) is 10.9 Å². The van der Waals surface area contributed by atoms with E-state index < -0.39 is 0 Å². The Bertz CT molecular complexity index is 772. The number of aromatic nitrogens is 2. The normalized spacial score (nSPS) is 10.7. The van der Waals surface area contributed by atoms with Gasteiger partial charge < -0.3 is 10.3 Å². The molecule has 0 aliphatic carbocycles. The highest BCUT2D eigenvalue weighted by Crippen LogP contribution is 2.17. The summed E-state index contributed by atoms with van der Waals surface area (Å²) in [5.74, 6) is 0.366. The Labute approximate surface area is 116 Å². The van der Waals surface area contributed by atoms with E-state index in [4.69, 9.17) is 0 Å². The molecule has 2 N–H and O–H groups in total. The van der Waals surface area contributed by atoms with Crippen LogP contribution in [0.2, 0.25) is 0 Å². The van der Waals surface area contributed by atoms with Gasteiger partial charge in [0.25, 0.3) is 5.91 Å². The van der Waals surface area contributed by atoms with Crippen molar-refractivity contribution in [1.29, 1.82) is 0 Å². The number of anilines is 1. The predicted octanol–water partition coefficient (Wildman–Crippen LogP) is 3.43. The zero-order valence-corrected chi connectivity index (χ0v) is 11.4. The number of H-pyrrole nitrogens is 1. The Hall–Kier alpha value is -2.62. The molecule has 4 nitrogen and oxygen atoms in total. The molecule has 0 atom stereocenters. The number of aromatic amines is 1. The lowest BCUT2D eigenvalue weighted by Crippen LogP contribution is -2.13. The molecule has 3 rings (SSSR count). The maximum absolute atomic E-state index is 12.2. The van der Waals surface area contributed by atoms with Crippen molar-refractivity contribution in [3.63, 3.8) is 0 Å². The number of nitrogens with one attached hydrogen (secondary N) is 2. The second kappa shape index (κ2) is 4.81. The summed E-state index contributed by atoms with van der Waals surface area (Å²) in [5.41, 5.74) is 3.72. The van der Waals surface area contributed by atoms with Crippen LogP contribution in [0.15, 0.2) is 42.6 Å². The van der Waals surface area contributed by atoms with E-state index in [0.717, 1.165) is 22.0 Å². The van der Waals surface area contributed by atoms with E-state index in [1.165, 1.54) is 0 Å². The molecule has 0 saturated carbocycles. The van der Waals surface area contributed by atoms with Gasteiger partial charge in [-0.15, -0.1) is 0 Å². The first-order chi connectivity index (χ1) is 9.61. The van der Waals surface area contributed by atoms with Crippen molar-refractivity contribution in [3.8, 4) is 0 Å². The highest BCUT2D eigenvalue weighted by molar-refractivity contribution is 6.05. The van der Waals surface area contributed by atoms with Crippen LogP contribution < -0.4 is 5.32 Å². The van der Waals surface area contributed by atoms with Crippen molar-refractivity contribution in [3.05, 3.63) is 59.4 Å². The van der Waals surface area contributed by atoms with E-state index in [1.807, 2.05) is 44.2 Å². The molecule has 0 fully saturated rings. The number of carbonyl (C=O) groups excluding carboxylic acids is 1. The van der Waals surface area contributed by atoms with Crippen LogP contribution in [0.1, 0.15) is 21.6 Å². The van der Waals surface area contributed by atoms with Gasteiger partial charge in [0.2, 0.25) is 0 Å². The van der Waals surface area contributed by atoms with E-state index in [-0.39, 0.29) is 5.91 Å². The van der Waals surface area contributed by atoms with E-state index in [1.54, 1.807) is 12.3 Å². The van der Waals surface area contributed by atoms with E-state index in [0.29, 0.717) is 11.5 Å². The smallest absolute Gasteiger partial charge is 0.273 e. The molecule has 4 heteroatoms. The molecule has 1 aromatic carbocycles. The SMILES string of the molecule is Cc1ccc(NC(=O)c2cc3ccc(C)cc3[nH]2)nc1. The summed E-state index contributed by atoms with van der Waals surface area (Å²) in [4.78, 5) is 19.5. The van der Waals surface area contributed by atoms with Crippen LogP contribution in [0.3, 0.4) is 0 Å². The molecular weight excluding hydrogens is 250 g/mol. The van der Waals surface area contributed by atoms with Crippen LogP contribution >= 0.6 is 0 Å². The first-order valence-corrected chi connectivity index (χ1v) is 6.45. The Kier molecular flexibility index (Phi) is 2.99. The number of pyridine rings is 1. The summed E-state index contributed by atoms with van der Waals surface area (Å²) in [5, 5.41) is 3.81. The van der Waals surface area contributed by atoms with Crippen molar-refractivity contribution in [1.82, 2.24) is 9.97 Å². The molecule has 0 radical (unpaired) electrons. The van der Waals surface area contributed by atoms with E-state index >= 15 is 0 Å². The second-order valence-corrected chi connectivity index (χ2v) is 4.95. The number of nitrogens with zero attached hydrogens (tertiary/aromatic N) is 1. The molecule has 2 heterocycles. The molecule has 100 valence electrons. The lowest BCUT2D eigenvalue weighted by atomic mass is 10.2. The van der Waals surface area contributed by atoms with Crippen molar-refractivity contribution in [2.45, 2.75) is 13.8 Å². The maximum Gasteiger partial charge on any atom is 0.273 e. The van der Waals surface area contributed by atoms with Crippen LogP contribution in [-0.4, -0.2) is 15.9 Å². The maximum atomic E-state index is 12.2. The average Bonchev–Trinajstić information content (AvgIpc) is 2.84. The zero-order chi connectivity index (χ0) is 14.1. The summed E-state index contributed by atoms with van der Waals surface area (Å²) in [6.45, 7) is 3.98. The largest absolute Gasteiger partial charge is 0.351 e. The quantitative estimate of drug-likeness (QED) is 0.745. The van der Waals surface area contributed by atoms with Crippen LogP contribution in [0, 0.1) is 13.8 Å². The lowest BCUT2D eigenvalue weighted by molar-refractivity contribution is 0.102. The van der Waals surface area contributed by atoms with Gasteiger partial charge in [0.05, 0.1) is 0 Å². The molecule has 0 bridgehead atoms. The number of rotatable bonds is 2. The van der Waals surface area contributed by atoms with Gasteiger partial charge in [-0.05, 0) is 43.2 Å². The molecule has 20 heavy (non-hydrogen) atoms. The predicted molar refractivity (Wildman–Crippen MR) is 80.0 cm³/mol. The Morgan fingerprint density at radius 1 is 1.10 bits per heavy atom. The number of hydrogen-bond donors (Lipinski definition) is 2. The zero-order valence-electron chi connectivity index (χ0n) is 11.4. The summed E-state index contributed by atoms with van der Waals surface area (Å²) >= 11 is 0. The van der Waals surface area contributed by atoms with E-state index in [9.17, 15) is 4.79 Å². The molecule has 3 aromatic rings. The number of carbonyl (C=O) groups is 1. The highest BCUT2D eigenvalue weighted by Gasteiger charge is 2.10. The van der Waals surface area contributed by atoms with Crippen LogP contribution in [0.4, 0.5) is 5.82 Å². The fourth-order valence-electron chi connectivity index (χ4n) is 2.09. The van der Waals surface area contributed by atoms with Crippen molar-refractivity contribution in [2.24, 2.45) is 0 Å². The van der Waals surface area contributed by atoms with E-state index in [2.05, 4.69) is 15.3 Å². The third-order valence-corrected chi connectivity index (χ3v) is 3.18. The first-order valence-electron chi connectivity index (χ1n) is 6.45. The second-order valence-electron chi connectivity index (χ2n) is 4.95. The minimum atomic E-state index is -0.185. The standard InChI is InChI=1S/C16H15N3O/c1-10-3-5-12-8-14(18-13(12)7-10)16(20)19-15-6-4-11(2)9-17-15/h3-9,18H,1-2H3,(H,17,19,20). The van der Waals surface area contributed by atoms with Crippen molar-refractivity contribution in [2.75, 3.05) is 5.32 Å². The van der Waals surface area contributed by atoms with Gasteiger partial charge >= 0.3 is 0 Å². The minimum Gasteiger partial charge on any atom is -0.351 e. The summed E-state index contributed by atoms with van der Waals surface area (Å²) < 4.78 is 0. The number of hydrogen-bond acceptors (Lipinski definition) is 2. The Balaban J connectivity index is 1.86. The molecule has 1 amide bonds. The number of fused-ring (bicyclic) bond motifs is 1. The summed E-state index contributed by atoms with van der Waals surface area (Å²) in [6.07, 6.45) is 1.73. The molecule has 0 aliphatic rings. The molecule has 2 aromatic heterocycles. The fourth-order valence-corrected chi connectivity index (χ4v) is 2.09. The number of amides is 1.